The number of hydrogen-bond donors (Lipinski definition) is 0. The van der Waals surface area contributed by atoms with E-state index in [2.05, 4.69) is 74.5 Å². The van der Waals surface area contributed by atoms with Crippen molar-refractivity contribution in [3.05, 3.63) is 60.7 Å². The summed E-state index contributed by atoms with van der Waals surface area (Å²) < 4.78 is 0. The first-order valence-corrected chi connectivity index (χ1v) is 16.2. The molecule has 0 aliphatic carbocycles. The van der Waals surface area contributed by atoms with E-state index in [1.165, 1.54) is 10.5 Å². The summed E-state index contributed by atoms with van der Waals surface area (Å²) in [5, 5.41) is 6.39. The van der Waals surface area contributed by atoms with Crippen molar-refractivity contribution < 1.29 is 0 Å². The summed E-state index contributed by atoms with van der Waals surface area (Å²) in [5.41, 5.74) is 0. The molecule has 2 aromatic carbocycles. The van der Waals surface area contributed by atoms with Gasteiger partial charge in [0, 0.05) is 0 Å². The monoisotopic (exact) mass is 342 g/mol. The van der Waals surface area contributed by atoms with Gasteiger partial charge in [-0.1, -0.05) is 0 Å². The predicted octanol–water partition coefficient (Wildman–Crippen LogP) is 3.83. The summed E-state index contributed by atoms with van der Waals surface area (Å²) in [6, 6.07) is 22.8. The Morgan fingerprint density at radius 1 is 0.750 bits per heavy atom. The van der Waals surface area contributed by atoms with Crippen LogP contribution in [0.25, 0.3) is 0 Å². The summed E-state index contributed by atoms with van der Waals surface area (Å²) >= 11 is -1.47. The van der Waals surface area contributed by atoms with Gasteiger partial charge in [0.05, 0.1) is 0 Å². The van der Waals surface area contributed by atoms with Crippen LogP contribution < -0.4 is 10.4 Å². The molecule has 0 saturated carbocycles. The van der Waals surface area contributed by atoms with Gasteiger partial charge >= 0.3 is 126 Å². The maximum absolute atomic E-state index is 2.46. The number of hydrogen-bond acceptors (Lipinski definition) is 0. The molecule has 0 N–H and O–H groups in total. The fraction of sp³-hybridized carbons (Fsp3) is 0.333. The molecule has 0 unspecified atom stereocenters. The van der Waals surface area contributed by atoms with E-state index in [4.69, 9.17) is 0 Å². The van der Waals surface area contributed by atoms with Crippen LogP contribution in [0.2, 0.25) is 20.3 Å². The Morgan fingerprint density at radius 2 is 1.15 bits per heavy atom. The zero-order valence-corrected chi connectivity index (χ0v) is 15.7. The van der Waals surface area contributed by atoms with Crippen LogP contribution >= 0.6 is 0 Å². The summed E-state index contributed by atoms with van der Waals surface area (Å²) in [5.74, 6) is 0. The van der Waals surface area contributed by atoms with Crippen molar-refractivity contribution in [2.24, 2.45) is 0 Å². The second kappa shape index (κ2) is 5.53. The van der Waals surface area contributed by atoms with E-state index in [0.29, 0.717) is 0 Å². The van der Waals surface area contributed by atoms with Gasteiger partial charge in [-0.2, -0.15) is 0 Å². The maximum atomic E-state index is 2.46. The van der Waals surface area contributed by atoms with Crippen molar-refractivity contribution in [3.63, 3.8) is 0 Å². The third-order valence-corrected chi connectivity index (χ3v) is 34.4. The zero-order valence-electron chi connectivity index (χ0n) is 12.6. The van der Waals surface area contributed by atoms with Gasteiger partial charge < -0.3 is 0 Å². The standard InChI is InChI=1S/C18H24GeSi/c1-3-19(4-2)15-20(16-19,17-11-7-5-8-12-17)18-13-9-6-10-14-18/h5-14H,3-4,15-16H2,1-2H3. The van der Waals surface area contributed by atoms with E-state index in [1.807, 2.05) is 0 Å². The van der Waals surface area contributed by atoms with Crippen molar-refractivity contribution in [3.8, 4) is 0 Å². The Kier molecular flexibility index (Phi) is 3.91. The number of benzene rings is 2. The van der Waals surface area contributed by atoms with Crippen LogP contribution in [0.1, 0.15) is 13.8 Å². The fourth-order valence-corrected chi connectivity index (χ4v) is 38.3. The van der Waals surface area contributed by atoms with Crippen LogP contribution in [0, 0.1) is 0 Å². The molecule has 0 bridgehead atoms. The van der Waals surface area contributed by atoms with Gasteiger partial charge in [0.2, 0.25) is 0 Å². The van der Waals surface area contributed by atoms with Gasteiger partial charge in [-0.3, -0.25) is 0 Å². The molecular weight excluding hydrogens is 317 g/mol. The normalized spacial score (nSPS) is 19.3. The molecule has 1 aliphatic heterocycles. The molecule has 0 atom stereocenters. The van der Waals surface area contributed by atoms with Gasteiger partial charge in [0.1, 0.15) is 0 Å². The summed E-state index contributed by atoms with van der Waals surface area (Å²) in [6.07, 6.45) is 0. The first-order chi connectivity index (χ1) is 9.75. The fourth-order valence-electron chi connectivity index (χ4n) is 4.07. The van der Waals surface area contributed by atoms with Gasteiger partial charge in [0.25, 0.3) is 0 Å². The van der Waals surface area contributed by atoms with Crippen LogP contribution in [-0.4, -0.2) is 21.3 Å². The summed E-state index contributed by atoms with van der Waals surface area (Å²) in [7, 11) is -1.39. The van der Waals surface area contributed by atoms with Crippen LogP contribution in [0.3, 0.4) is 0 Å². The molecule has 1 heterocycles. The third-order valence-electron chi connectivity index (χ3n) is 5.51. The van der Waals surface area contributed by atoms with Crippen molar-refractivity contribution in [1.82, 2.24) is 0 Å². The first kappa shape index (κ1) is 14.2. The molecule has 0 amide bonds. The topological polar surface area (TPSA) is 0 Å². The average Bonchev–Trinajstić information content (AvgIpc) is 2.50. The second-order valence-electron chi connectivity index (χ2n) is 6.37. The Bertz CT molecular complexity index is 511. The van der Waals surface area contributed by atoms with Crippen molar-refractivity contribution in [2.45, 2.75) is 34.1 Å². The van der Waals surface area contributed by atoms with Crippen LogP contribution in [0.4, 0.5) is 0 Å². The summed E-state index contributed by atoms with van der Waals surface area (Å²) in [4.78, 5) is 3.24. The molecule has 0 radical (unpaired) electrons. The first-order valence-electron chi connectivity index (χ1n) is 7.86. The van der Waals surface area contributed by atoms with Crippen LogP contribution in [0.15, 0.2) is 60.7 Å². The molecule has 0 nitrogen and oxygen atoms in total. The van der Waals surface area contributed by atoms with Crippen molar-refractivity contribution in [2.75, 3.05) is 0 Å². The average molecular weight is 341 g/mol. The minimum absolute atomic E-state index is 1.39. The third kappa shape index (κ3) is 2.21. The molecule has 3 rings (SSSR count). The summed E-state index contributed by atoms with van der Waals surface area (Å²) in [6.45, 7) is 4.91. The predicted molar refractivity (Wildman–Crippen MR) is 94.2 cm³/mol. The Labute approximate surface area is 126 Å². The van der Waals surface area contributed by atoms with Crippen LogP contribution in [0.5, 0.6) is 0 Å². The van der Waals surface area contributed by atoms with E-state index in [9.17, 15) is 0 Å². The second-order valence-corrected chi connectivity index (χ2v) is 24.1. The Hall–Kier alpha value is -0.800. The quantitative estimate of drug-likeness (QED) is 0.742. The minimum atomic E-state index is -1.47. The van der Waals surface area contributed by atoms with E-state index in [1.54, 1.807) is 20.1 Å². The Morgan fingerprint density at radius 3 is 1.50 bits per heavy atom. The molecule has 20 heavy (non-hydrogen) atoms. The molecule has 2 aromatic rings. The van der Waals surface area contributed by atoms with E-state index in [-0.39, 0.29) is 0 Å². The molecule has 2 heteroatoms. The molecule has 0 spiro atoms. The van der Waals surface area contributed by atoms with Crippen molar-refractivity contribution in [1.29, 1.82) is 0 Å². The molecule has 104 valence electrons. The Balaban J connectivity index is 2.03. The van der Waals surface area contributed by atoms with E-state index in [0.717, 1.165) is 0 Å². The number of rotatable bonds is 4. The zero-order chi connectivity index (χ0) is 14.1. The molecule has 1 fully saturated rings. The van der Waals surface area contributed by atoms with Gasteiger partial charge in [0.15, 0.2) is 0 Å². The SMILES string of the molecule is C[CH2][Ge]1([CH2]C)[CH2][Si](c2ccccc2)(c2ccccc2)[CH2]1. The van der Waals surface area contributed by atoms with E-state index >= 15 is 0 Å². The molecule has 0 aromatic heterocycles. The van der Waals surface area contributed by atoms with Crippen LogP contribution in [-0.2, 0) is 0 Å². The van der Waals surface area contributed by atoms with Gasteiger partial charge in [-0.25, -0.2) is 0 Å². The van der Waals surface area contributed by atoms with Crippen molar-refractivity contribution >= 4 is 31.7 Å². The molecule has 1 aliphatic rings. The molecule has 1 saturated heterocycles. The van der Waals surface area contributed by atoms with Gasteiger partial charge in [-0.05, 0) is 0 Å². The molecular formula is C18H24GeSi. The van der Waals surface area contributed by atoms with Gasteiger partial charge in [-0.15, -0.1) is 0 Å². The van der Waals surface area contributed by atoms with E-state index < -0.39 is 21.3 Å².